The lowest BCUT2D eigenvalue weighted by atomic mass is 9.48. The highest BCUT2D eigenvalue weighted by Crippen LogP contribution is 2.61. The summed E-state index contributed by atoms with van der Waals surface area (Å²) in [6.07, 6.45) is 8.73. The van der Waals surface area contributed by atoms with E-state index in [1.807, 2.05) is 0 Å². The van der Waals surface area contributed by atoms with Crippen LogP contribution in [-0.4, -0.2) is 28.3 Å². The molecule has 2 nitrogen and oxygen atoms in total. The van der Waals surface area contributed by atoms with Gasteiger partial charge in [0.1, 0.15) is 0 Å². The minimum Gasteiger partial charge on any atom is -0.313 e. The minimum absolute atomic E-state index is 0.496. The van der Waals surface area contributed by atoms with Crippen molar-refractivity contribution in [3.63, 3.8) is 0 Å². The van der Waals surface area contributed by atoms with E-state index < -0.39 is 10.8 Å². The second-order valence-corrected chi connectivity index (χ2v) is 9.08. The molecule has 0 radical (unpaired) electrons. The molecular weight excluding hydrogens is 254 g/mol. The highest BCUT2D eigenvalue weighted by Gasteiger charge is 2.54. The number of rotatable bonds is 6. The predicted molar refractivity (Wildman–Crippen MR) is 81.6 cm³/mol. The molecule has 0 aromatic rings. The molecule has 4 fully saturated rings. The molecule has 2 atom stereocenters. The topological polar surface area (TPSA) is 29.1 Å². The molecule has 0 amide bonds. The van der Waals surface area contributed by atoms with Gasteiger partial charge in [-0.2, -0.15) is 0 Å². The molecule has 0 heterocycles. The first kappa shape index (κ1) is 14.1. The summed E-state index contributed by atoms with van der Waals surface area (Å²) in [7, 11) is -0.634. The zero-order chi connectivity index (χ0) is 13.5. The molecule has 0 spiro atoms. The predicted octanol–water partition coefficient (Wildman–Crippen LogP) is 2.95. The van der Waals surface area contributed by atoms with Gasteiger partial charge in [-0.25, -0.2) is 0 Å². The molecule has 110 valence electrons. The summed E-state index contributed by atoms with van der Waals surface area (Å²) in [4.78, 5) is 0. The Kier molecular flexibility index (Phi) is 4.05. The van der Waals surface area contributed by atoms with Gasteiger partial charge in [-0.15, -0.1) is 0 Å². The Balaban J connectivity index is 1.78. The molecule has 4 saturated carbocycles. The zero-order valence-electron chi connectivity index (χ0n) is 12.5. The van der Waals surface area contributed by atoms with Crippen molar-refractivity contribution in [3.05, 3.63) is 0 Å². The Bertz CT molecular complexity index is 319. The van der Waals surface area contributed by atoms with Gasteiger partial charge in [0.25, 0.3) is 0 Å². The largest absolute Gasteiger partial charge is 0.313 e. The molecule has 0 aromatic carbocycles. The average Bonchev–Trinajstić information content (AvgIpc) is 2.36. The summed E-state index contributed by atoms with van der Waals surface area (Å²) in [5, 5.41) is 3.71. The van der Waals surface area contributed by atoms with Crippen molar-refractivity contribution in [2.75, 3.05) is 18.1 Å². The summed E-state index contributed by atoms with van der Waals surface area (Å²) in [5.41, 5.74) is 0.496. The van der Waals surface area contributed by atoms with Crippen LogP contribution in [0, 0.1) is 23.2 Å². The lowest BCUT2D eigenvalue weighted by Gasteiger charge is -2.59. The Hall–Kier alpha value is 0.110. The Morgan fingerprint density at radius 1 is 1.11 bits per heavy atom. The van der Waals surface area contributed by atoms with Crippen molar-refractivity contribution in [3.8, 4) is 0 Å². The summed E-state index contributed by atoms with van der Waals surface area (Å²) >= 11 is 0. The van der Waals surface area contributed by atoms with Gasteiger partial charge in [0, 0.05) is 28.3 Å². The number of hydrogen-bond donors (Lipinski definition) is 1. The van der Waals surface area contributed by atoms with Gasteiger partial charge in [-0.1, -0.05) is 13.8 Å². The Labute approximate surface area is 120 Å². The fourth-order valence-electron chi connectivity index (χ4n) is 5.61. The zero-order valence-corrected chi connectivity index (χ0v) is 13.3. The SMILES string of the molecule is CCNC(CS(=O)CC)C12CC3CC(CC(C3)C1)C2. The summed E-state index contributed by atoms with van der Waals surface area (Å²) in [6.45, 7) is 5.27. The monoisotopic (exact) mass is 283 g/mol. The van der Waals surface area contributed by atoms with Crippen LogP contribution in [-0.2, 0) is 10.8 Å². The van der Waals surface area contributed by atoms with Crippen LogP contribution in [0.25, 0.3) is 0 Å². The van der Waals surface area contributed by atoms with Crippen LogP contribution >= 0.6 is 0 Å². The van der Waals surface area contributed by atoms with Crippen LogP contribution in [0.4, 0.5) is 0 Å². The maximum atomic E-state index is 12.1. The molecule has 4 bridgehead atoms. The standard InChI is InChI=1S/C16H29NOS/c1-3-17-15(11-19(18)4-2)16-8-12-5-13(9-16)7-14(6-12)10-16/h12-15,17H,3-11H2,1-2H3. The highest BCUT2D eigenvalue weighted by molar-refractivity contribution is 7.85. The van der Waals surface area contributed by atoms with Gasteiger partial charge in [-0.3, -0.25) is 4.21 Å². The van der Waals surface area contributed by atoms with Gasteiger partial charge >= 0.3 is 0 Å². The summed E-state index contributed by atoms with van der Waals surface area (Å²) < 4.78 is 12.1. The average molecular weight is 283 g/mol. The molecule has 2 unspecified atom stereocenters. The van der Waals surface area contributed by atoms with Crippen LogP contribution in [0.5, 0.6) is 0 Å². The van der Waals surface area contributed by atoms with Crippen LogP contribution in [0.15, 0.2) is 0 Å². The molecule has 0 aromatic heterocycles. The van der Waals surface area contributed by atoms with Crippen LogP contribution < -0.4 is 5.32 Å². The molecule has 4 aliphatic rings. The van der Waals surface area contributed by atoms with E-state index >= 15 is 0 Å². The second-order valence-electron chi connectivity index (χ2n) is 7.29. The van der Waals surface area contributed by atoms with Crippen molar-refractivity contribution in [1.29, 1.82) is 0 Å². The van der Waals surface area contributed by atoms with E-state index in [9.17, 15) is 4.21 Å². The third kappa shape index (κ3) is 2.65. The molecule has 19 heavy (non-hydrogen) atoms. The lowest BCUT2D eigenvalue weighted by molar-refractivity contribution is -0.0692. The van der Waals surface area contributed by atoms with Crippen molar-refractivity contribution in [2.24, 2.45) is 23.2 Å². The second kappa shape index (κ2) is 5.48. The quantitative estimate of drug-likeness (QED) is 0.812. The maximum Gasteiger partial charge on any atom is 0.0394 e. The van der Waals surface area contributed by atoms with Crippen LogP contribution in [0.1, 0.15) is 52.4 Å². The maximum absolute atomic E-state index is 12.1. The third-order valence-electron chi connectivity index (χ3n) is 5.95. The van der Waals surface area contributed by atoms with Crippen molar-refractivity contribution >= 4 is 10.8 Å². The van der Waals surface area contributed by atoms with E-state index in [0.29, 0.717) is 11.5 Å². The fourth-order valence-corrected chi connectivity index (χ4v) is 6.69. The Morgan fingerprint density at radius 3 is 2.05 bits per heavy atom. The van der Waals surface area contributed by atoms with Crippen LogP contribution in [0.2, 0.25) is 0 Å². The summed E-state index contributed by atoms with van der Waals surface area (Å²) in [5.74, 6) is 4.66. The van der Waals surface area contributed by atoms with Gasteiger partial charge in [0.05, 0.1) is 0 Å². The van der Waals surface area contributed by atoms with Crippen molar-refractivity contribution in [1.82, 2.24) is 5.32 Å². The van der Waals surface area contributed by atoms with E-state index in [4.69, 9.17) is 0 Å². The Morgan fingerprint density at radius 2 is 1.63 bits per heavy atom. The van der Waals surface area contributed by atoms with Gasteiger partial charge in [0.2, 0.25) is 0 Å². The van der Waals surface area contributed by atoms with Crippen LogP contribution in [0.3, 0.4) is 0 Å². The molecule has 3 heteroatoms. The molecule has 4 rings (SSSR count). The van der Waals surface area contributed by atoms with Crippen molar-refractivity contribution < 1.29 is 4.21 Å². The number of nitrogens with one attached hydrogen (secondary N) is 1. The third-order valence-corrected chi connectivity index (χ3v) is 7.30. The first-order chi connectivity index (χ1) is 9.15. The highest BCUT2D eigenvalue weighted by atomic mass is 32.2. The molecule has 4 aliphatic carbocycles. The normalized spacial score (nSPS) is 43.4. The number of hydrogen-bond acceptors (Lipinski definition) is 2. The van der Waals surface area contributed by atoms with E-state index in [0.717, 1.165) is 35.8 Å². The van der Waals surface area contributed by atoms with E-state index in [-0.39, 0.29) is 0 Å². The van der Waals surface area contributed by atoms with E-state index in [1.165, 1.54) is 38.5 Å². The molecule has 1 N–H and O–H groups in total. The van der Waals surface area contributed by atoms with Gasteiger partial charge in [0.15, 0.2) is 0 Å². The van der Waals surface area contributed by atoms with E-state index in [1.54, 1.807) is 0 Å². The summed E-state index contributed by atoms with van der Waals surface area (Å²) in [6, 6.07) is 0.506. The smallest absolute Gasteiger partial charge is 0.0394 e. The molecule has 0 aliphatic heterocycles. The van der Waals surface area contributed by atoms with Gasteiger partial charge in [-0.05, 0) is 68.2 Å². The first-order valence-corrected chi connectivity index (χ1v) is 9.72. The van der Waals surface area contributed by atoms with E-state index in [2.05, 4.69) is 19.2 Å². The molecule has 0 saturated heterocycles. The minimum atomic E-state index is -0.634. The van der Waals surface area contributed by atoms with Gasteiger partial charge < -0.3 is 5.32 Å². The van der Waals surface area contributed by atoms with Crippen molar-refractivity contribution in [2.45, 2.75) is 58.4 Å². The molecular formula is C16H29NOS. The fraction of sp³-hybridized carbons (Fsp3) is 1.00. The first-order valence-electron chi connectivity index (χ1n) is 8.23. The lowest BCUT2D eigenvalue weighted by Crippen LogP contribution is -2.57.